The van der Waals surface area contributed by atoms with Gasteiger partial charge in [0.2, 0.25) is 11.8 Å². The van der Waals surface area contributed by atoms with Gasteiger partial charge in [-0.05, 0) is 37.1 Å². The van der Waals surface area contributed by atoms with Crippen LogP contribution < -0.4 is 5.32 Å². The van der Waals surface area contributed by atoms with E-state index in [2.05, 4.69) is 10.3 Å². The molecule has 132 valence electrons. The number of amides is 2. The predicted octanol–water partition coefficient (Wildman–Crippen LogP) is 3.24. The molecule has 0 spiro atoms. The van der Waals surface area contributed by atoms with Gasteiger partial charge in [-0.3, -0.25) is 9.59 Å². The number of rotatable bonds is 6. The minimum absolute atomic E-state index is 0.100. The minimum Gasteiger partial charge on any atom is -0.342 e. The Labute approximate surface area is 153 Å². The monoisotopic (exact) mass is 379 g/mol. The summed E-state index contributed by atoms with van der Waals surface area (Å²) in [6.45, 7) is 1.66. The van der Waals surface area contributed by atoms with Crippen LogP contribution in [0.1, 0.15) is 12.8 Å². The number of hydrogen-bond acceptors (Lipinski definition) is 5. The van der Waals surface area contributed by atoms with Crippen LogP contribution in [0.15, 0.2) is 29.6 Å². The summed E-state index contributed by atoms with van der Waals surface area (Å²) in [6, 6.07) is 6.05. The number of thioether (sulfide) groups is 1. The molecular formula is C17H18FN3O2S2. The Hall–Kier alpha value is -1.93. The normalized spacial score (nSPS) is 13.9. The van der Waals surface area contributed by atoms with Gasteiger partial charge in [-0.2, -0.15) is 0 Å². The van der Waals surface area contributed by atoms with E-state index in [1.807, 2.05) is 10.3 Å². The number of carbonyl (C=O) groups excluding carboxylic acids is 2. The highest BCUT2D eigenvalue weighted by Gasteiger charge is 2.18. The third kappa shape index (κ3) is 5.02. The molecule has 1 aliphatic heterocycles. The zero-order valence-corrected chi connectivity index (χ0v) is 15.2. The lowest BCUT2D eigenvalue weighted by atomic mass is 10.2. The van der Waals surface area contributed by atoms with Crippen LogP contribution in [0.2, 0.25) is 0 Å². The minimum atomic E-state index is -0.298. The fraction of sp³-hybridized carbons (Fsp3) is 0.353. The number of halogens is 1. The number of likely N-dealkylation sites (tertiary alicyclic amines) is 1. The van der Waals surface area contributed by atoms with Gasteiger partial charge in [0.05, 0.1) is 17.2 Å². The van der Waals surface area contributed by atoms with Crippen molar-refractivity contribution in [2.24, 2.45) is 0 Å². The lowest BCUT2D eigenvalue weighted by Gasteiger charge is -2.14. The molecule has 1 aromatic heterocycles. The van der Waals surface area contributed by atoms with E-state index in [0.29, 0.717) is 16.6 Å². The van der Waals surface area contributed by atoms with Crippen molar-refractivity contribution in [2.45, 2.75) is 12.8 Å². The highest BCUT2D eigenvalue weighted by atomic mass is 32.2. The molecule has 1 aromatic carbocycles. The van der Waals surface area contributed by atoms with Gasteiger partial charge >= 0.3 is 0 Å². The van der Waals surface area contributed by atoms with Gasteiger partial charge in [0.15, 0.2) is 5.13 Å². The van der Waals surface area contributed by atoms with Crippen LogP contribution in [0.25, 0.3) is 11.3 Å². The van der Waals surface area contributed by atoms with Crippen LogP contribution in [-0.4, -0.2) is 46.3 Å². The lowest BCUT2D eigenvalue weighted by Crippen LogP contribution is -2.29. The second-order valence-electron chi connectivity index (χ2n) is 5.67. The van der Waals surface area contributed by atoms with E-state index < -0.39 is 0 Å². The van der Waals surface area contributed by atoms with E-state index in [9.17, 15) is 14.0 Å². The molecule has 25 heavy (non-hydrogen) atoms. The first-order valence-corrected chi connectivity index (χ1v) is 10.0. The third-order valence-corrected chi connectivity index (χ3v) is 5.48. The second-order valence-corrected chi connectivity index (χ2v) is 7.52. The average Bonchev–Trinajstić information content (AvgIpc) is 3.27. The second kappa shape index (κ2) is 8.44. The molecule has 5 nitrogen and oxygen atoms in total. The Morgan fingerprint density at radius 3 is 2.64 bits per heavy atom. The van der Waals surface area contributed by atoms with Gasteiger partial charge in [-0.25, -0.2) is 9.37 Å². The topological polar surface area (TPSA) is 62.3 Å². The van der Waals surface area contributed by atoms with Crippen molar-refractivity contribution in [3.8, 4) is 11.3 Å². The number of anilines is 1. The smallest absolute Gasteiger partial charge is 0.236 e. The maximum absolute atomic E-state index is 12.9. The Morgan fingerprint density at radius 1 is 1.20 bits per heavy atom. The van der Waals surface area contributed by atoms with Crippen molar-refractivity contribution < 1.29 is 14.0 Å². The third-order valence-electron chi connectivity index (χ3n) is 3.81. The number of carbonyl (C=O) groups is 2. The lowest BCUT2D eigenvalue weighted by molar-refractivity contribution is -0.127. The number of hydrogen-bond donors (Lipinski definition) is 1. The molecule has 0 atom stereocenters. The molecule has 1 saturated heterocycles. The van der Waals surface area contributed by atoms with Gasteiger partial charge in [0, 0.05) is 24.0 Å². The molecule has 8 heteroatoms. The Morgan fingerprint density at radius 2 is 1.92 bits per heavy atom. The number of benzene rings is 1. The van der Waals surface area contributed by atoms with Crippen LogP contribution in [0.3, 0.4) is 0 Å². The summed E-state index contributed by atoms with van der Waals surface area (Å²) < 4.78 is 12.9. The van der Waals surface area contributed by atoms with Gasteiger partial charge in [-0.15, -0.1) is 23.1 Å². The fourth-order valence-corrected chi connectivity index (χ4v) is 3.98. The first kappa shape index (κ1) is 17.9. The van der Waals surface area contributed by atoms with Gasteiger partial charge < -0.3 is 10.2 Å². The highest BCUT2D eigenvalue weighted by Crippen LogP contribution is 2.25. The maximum atomic E-state index is 12.9. The molecule has 0 saturated carbocycles. The molecule has 0 unspecified atom stereocenters. The van der Waals surface area contributed by atoms with Crippen LogP contribution in [0.4, 0.5) is 9.52 Å². The number of nitrogens with zero attached hydrogens (tertiary/aromatic N) is 2. The molecule has 0 bridgehead atoms. The standard InChI is InChI=1S/C17H18FN3O2S2/c18-13-5-3-12(4-6-13)14-9-25-17(19-14)20-15(22)10-24-11-16(23)21-7-1-2-8-21/h3-6,9H,1-2,7-8,10-11H2,(H,19,20,22). The molecule has 0 radical (unpaired) electrons. The Kier molecular flexibility index (Phi) is 6.04. The molecule has 2 amide bonds. The predicted molar refractivity (Wildman–Crippen MR) is 99.3 cm³/mol. The van der Waals surface area contributed by atoms with E-state index in [-0.39, 0.29) is 23.4 Å². The number of nitrogens with one attached hydrogen (secondary N) is 1. The summed E-state index contributed by atoms with van der Waals surface area (Å²) in [6.07, 6.45) is 2.13. The Balaban J connectivity index is 1.45. The zero-order chi connectivity index (χ0) is 17.6. The van der Waals surface area contributed by atoms with Crippen LogP contribution in [0.5, 0.6) is 0 Å². The van der Waals surface area contributed by atoms with Gasteiger partial charge in [0.1, 0.15) is 5.82 Å². The molecule has 1 N–H and O–H groups in total. The largest absolute Gasteiger partial charge is 0.342 e. The summed E-state index contributed by atoms with van der Waals surface area (Å²) in [5, 5.41) is 5.04. The van der Waals surface area contributed by atoms with Gasteiger partial charge in [-0.1, -0.05) is 0 Å². The molecule has 2 heterocycles. The molecule has 0 aliphatic carbocycles. The molecule has 1 aliphatic rings. The SMILES string of the molecule is O=C(CSCC(=O)N1CCCC1)Nc1nc(-c2ccc(F)cc2)cs1. The molecule has 3 rings (SSSR count). The van der Waals surface area contributed by atoms with E-state index in [0.717, 1.165) is 31.5 Å². The van der Waals surface area contributed by atoms with Crippen molar-refractivity contribution in [1.82, 2.24) is 9.88 Å². The Bertz CT molecular complexity index is 743. The van der Waals surface area contributed by atoms with Gasteiger partial charge in [0.25, 0.3) is 0 Å². The number of thiazole rings is 1. The zero-order valence-electron chi connectivity index (χ0n) is 13.5. The quantitative estimate of drug-likeness (QED) is 0.837. The summed E-state index contributed by atoms with van der Waals surface area (Å²) in [5.41, 5.74) is 1.49. The van der Waals surface area contributed by atoms with Crippen molar-refractivity contribution in [1.29, 1.82) is 0 Å². The summed E-state index contributed by atoms with van der Waals surface area (Å²) in [5.74, 6) is 0.160. The summed E-state index contributed by atoms with van der Waals surface area (Å²) in [7, 11) is 0. The van der Waals surface area contributed by atoms with Crippen LogP contribution >= 0.6 is 23.1 Å². The van der Waals surface area contributed by atoms with Crippen molar-refractivity contribution in [2.75, 3.05) is 29.9 Å². The van der Waals surface area contributed by atoms with E-state index in [1.54, 1.807) is 12.1 Å². The fourth-order valence-electron chi connectivity index (χ4n) is 2.53. The highest BCUT2D eigenvalue weighted by molar-refractivity contribution is 8.00. The van der Waals surface area contributed by atoms with Crippen LogP contribution in [0, 0.1) is 5.82 Å². The van der Waals surface area contributed by atoms with E-state index in [1.165, 1.54) is 35.2 Å². The summed E-state index contributed by atoms with van der Waals surface area (Å²) >= 11 is 2.63. The van der Waals surface area contributed by atoms with E-state index in [4.69, 9.17) is 0 Å². The first-order valence-electron chi connectivity index (χ1n) is 7.98. The van der Waals surface area contributed by atoms with Crippen LogP contribution in [-0.2, 0) is 9.59 Å². The van der Waals surface area contributed by atoms with Crippen molar-refractivity contribution in [3.63, 3.8) is 0 Å². The van der Waals surface area contributed by atoms with Crippen molar-refractivity contribution >= 4 is 40.0 Å². The first-order chi connectivity index (χ1) is 12.1. The molecule has 2 aromatic rings. The average molecular weight is 379 g/mol. The summed E-state index contributed by atoms with van der Waals surface area (Å²) in [4.78, 5) is 30.1. The molecular weight excluding hydrogens is 361 g/mol. The number of aromatic nitrogens is 1. The molecule has 1 fully saturated rings. The van der Waals surface area contributed by atoms with Crippen molar-refractivity contribution in [3.05, 3.63) is 35.5 Å². The maximum Gasteiger partial charge on any atom is 0.236 e. The van der Waals surface area contributed by atoms with E-state index >= 15 is 0 Å².